The molecule has 0 aliphatic rings. The summed E-state index contributed by atoms with van der Waals surface area (Å²) in [5.41, 5.74) is 2.46. The zero-order valence-electron chi connectivity index (χ0n) is 13.7. The standard InChI is InChI=1S/C18H20N2O3S/c1-4-11-19-18(21)15-8-7-14(3)17(12-15)20-24(22,23)16-9-5-13(2)6-10-16/h4-10,12,20H,1,11H2,2-3H3,(H,19,21). The van der Waals surface area contributed by atoms with Crippen molar-refractivity contribution in [3.63, 3.8) is 0 Å². The molecule has 0 radical (unpaired) electrons. The monoisotopic (exact) mass is 344 g/mol. The summed E-state index contributed by atoms with van der Waals surface area (Å²) in [6.07, 6.45) is 1.58. The molecule has 2 aromatic carbocycles. The third kappa shape index (κ3) is 4.23. The first-order valence-corrected chi connectivity index (χ1v) is 8.91. The second-order valence-corrected chi connectivity index (χ2v) is 7.13. The lowest BCUT2D eigenvalue weighted by Crippen LogP contribution is -2.23. The van der Waals surface area contributed by atoms with Gasteiger partial charge in [-0.05, 0) is 43.7 Å². The van der Waals surface area contributed by atoms with Gasteiger partial charge in [-0.3, -0.25) is 9.52 Å². The molecule has 0 aliphatic heterocycles. The summed E-state index contributed by atoms with van der Waals surface area (Å²) in [7, 11) is -3.71. The van der Waals surface area contributed by atoms with Crippen molar-refractivity contribution in [2.75, 3.05) is 11.3 Å². The molecule has 5 nitrogen and oxygen atoms in total. The molecule has 0 heterocycles. The first-order valence-electron chi connectivity index (χ1n) is 7.43. The molecule has 0 bridgehead atoms. The highest BCUT2D eigenvalue weighted by molar-refractivity contribution is 7.92. The van der Waals surface area contributed by atoms with Crippen LogP contribution in [0.5, 0.6) is 0 Å². The molecule has 2 N–H and O–H groups in total. The van der Waals surface area contributed by atoms with Crippen molar-refractivity contribution in [3.05, 3.63) is 71.8 Å². The van der Waals surface area contributed by atoms with Crippen LogP contribution in [0.4, 0.5) is 5.69 Å². The van der Waals surface area contributed by atoms with Crippen LogP contribution in [0.1, 0.15) is 21.5 Å². The molecule has 24 heavy (non-hydrogen) atoms. The van der Waals surface area contributed by atoms with Gasteiger partial charge in [0.25, 0.3) is 15.9 Å². The third-order valence-corrected chi connectivity index (χ3v) is 4.86. The number of carbonyl (C=O) groups excluding carboxylic acids is 1. The number of rotatable bonds is 6. The number of nitrogens with one attached hydrogen (secondary N) is 2. The van der Waals surface area contributed by atoms with Crippen molar-refractivity contribution in [1.29, 1.82) is 0 Å². The maximum atomic E-state index is 12.5. The van der Waals surface area contributed by atoms with Crippen LogP contribution in [0.3, 0.4) is 0 Å². The number of amides is 1. The fraction of sp³-hybridized carbons (Fsp3) is 0.167. The van der Waals surface area contributed by atoms with Gasteiger partial charge in [0, 0.05) is 12.1 Å². The summed E-state index contributed by atoms with van der Waals surface area (Å²) in [6, 6.07) is 11.5. The van der Waals surface area contributed by atoms with Crippen LogP contribution in [0.15, 0.2) is 60.0 Å². The molecule has 0 saturated carbocycles. The van der Waals surface area contributed by atoms with E-state index in [-0.39, 0.29) is 10.8 Å². The quantitative estimate of drug-likeness (QED) is 0.791. The fourth-order valence-electron chi connectivity index (χ4n) is 2.06. The largest absolute Gasteiger partial charge is 0.349 e. The summed E-state index contributed by atoms with van der Waals surface area (Å²) < 4.78 is 27.5. The molecular formula is C18H20N2O3S. The van der Waals surface area contributed by atoms with Gasteiger partial charge in [0.2, 0.25) is 0 Å². The van der Waals surface area contributed by atoms with Crippen LogP contribution in [-0.2, 0) is 10.0 Å². The van der Waals surface area contributed by atoms with Crippen LogP contribution in [0.2, 0.25) is 0 Å². The van der Waals surface area contributed by atoms with Gasteiger partial charge >= 0.3 is 0 Å². The van der Waals surface area contributed by atoms with E-state index in [2.05, 4.69) is 16.6 Å². The van der Waals surface area contributed by atoms with Gasteiger partial charge in [0.05, 0.1) is 10.6 Å². The zero-order chi connectivity index (χ0) is 17.7. The average molecular weight is 344 g/mol. The van der Waals surface area contributed by atoms with Crippen LogP contribution < -0.4 is 10.0 Å². The Morgan fingerprint density at radius 2 is 1.79 bits per heavy atom. The van der Waals surface area contributed by atoms with E-state index in [1.165, 1.54) is 6.07 Å². The number of anilines is 1. The summed E-state index contributed by atoms with van der Waals surface area (Å²) >= 11 is 0. The zero-order valence-corrected chi connectivity index (χ0v) is 14.5. The van der Waals surface area contributed by atoms with E-state index in [1.807, 2.05) is 6.92 Å². The van der Waals surface area contributed by atoms with Crippen LogP contribution in [0.25, 0.3) is 0 Å². The Kier molecular flexibility index (Phi) is 5.41. The summed E-state index contributed by atoms with van der Waals surface area (Å²) in [6.45, 7) is 7.55. The Hall–Kier alpha value is -2.60. The lowest BCUT2D eigenvalue weighted by atomic mass is 10.1. The van der Waals surface area contributed by atoms with Crippen molar-refractivity contribution >= 4 is 21.6 Å². The van der Waals surface area contributed by atoms with Crippen LogP contribution >= 0.6 is 0 Å². The topological polar surface area (TPSA) is 75.3 Å². The van der Waals surface area contributed by atoms with Crippen molar-refractivity contribution in [2.24, 2.45) is 0 Å². The molecule has 0 atom stereocenters. The van der Waals surface area contributed by atoms with E-state index in [9.17, 15) is 13.2 Å². The highest BCUT2D eigenvalue weighted by atomic mass is 32.2. The minimum Gasteiger partial charge on any atom is -0.349 e. The second-order valence-electron chi connectivity index (χ2n) is 5.45. The van der Waals surface area contributed by atoms with Gasteiger partial charge in [0.1, 0.15) is 0 Å². The maximum absolute atomic E-state index is 12.5. The molecule has 126 valence electrons. The summed E-state index contributed by atoms with van der Waals surface area (Å²) in [4.78, 5) is 12.2. The second kappa shape index (κ2) is 7.31. The molecule has 0 unspecified atom stereocenters. The first kappa shape index (κ1) is 17.7. The Balaban J connectivity index is 2.29. The number of benzene rings is 2. The van der Waals surface area contributed by atoms with E-state index in [0.717, 1.165) is 11.1 Å². The van der Waals surface area contributed by atoms with Crippen molar-refractivity contribution in [1.82, 2.24) is 5.32 Å². The van der Waals surface area contributed by atoms with Crippen molar-refractivity contribution in [2.45, 2.75) is 18.7 Å². The maximum Gasteiger partial charge on any atom is 0.261 e. The lowest BCUT2D eigenvalue weighted by Gasteiger charge is -2.12. The van der Waals surface area contributed by atoms with Gasteiger partial charge in [-0.1, -0.05) is 29.8 Å². The SMILES string of the molecule is C=CCNC(=O)c1ccc(C)c(NS(=O)(=O)c2ccc(C)cc2)c1. The summed E-state index contributed by atoms with van der Waals surface area (Å²) in [5.74, 6) is -0.286. The number of hydrogen-bond acceptors (Lipinski definition) is 3. The Labute approximate surface area is 142 Å². The first-order chi connectivity index (χ1) is 11.3. The van der Waals surface area contributed by atoms with Gasteiger partial charge < -0.3 is 5.32 Å². The molecule has 0 aromatic heterocycles. The van der Waals surface area contributed by atoms with Crippen LogP contribution in [-0.4, -0.2) is 20.9 Å². The van der Waals surface area contributed by atoms with Crippen molar-refractivity contribution < 1.29 is 13.2 Å². The highest BCUT2D eigenvalue weighted by Crippen LogP contribution is 2.21. The number of carbonyl (C=O) groups is 1. The normalized spacial score (nSPS) is 10.9. The molecule has 2 aromatic rings. The summed E-state index contributed by atoms with van der Waals surface area (Å²) in [5, 5.41) is 2.66. The predicted octanol–water partition coefficient (Wildman–Crippen LogP) is 3.02. The molecule has 0 aliphatic carbocycles. The Morgan fingerprint density at radius 1 is 1.12 bits per heavy atom. The van der Waals surface area contributed by atoms with Gasteiger partial charge in [-0.25, -0.2) is 8.42 Å². The molecule has 6 heteroatoms. The Morgan fingerprint density at radius 3 is 2.42 bits per heavy atom. The average Bonchev–Trinajstić information content (AvgIpc) is 2.55. The highest BCUT2D eigenvalue weighted by Gasteiger charge is 2.16. The third-order valence-electron chi connectivity index (χ3n) is 3.48. The molecular weight excluding hydrogens is 324 g/mol. The predicted molar refractivity (Wildman–Crippen MR) is 95.7 cm³/mol. The van der Waals surface area contributed by atoms with Gasteiger partial charge in [-0.15, -0.1) is 6.58 Å². The molecule has 2 rings (SSSR count). The molecule has 0 fully saturated rings. The fourth-order valence-corrected chi connectivity index (χ4v) is 3.18. The Bertz CT molecular complexity index is 856. The molecule has 0 saturated heterocycles. The van der Waals surface area contributed by atoms with Crippen molar-refractivity contribution in [3.8, 4) is 0 Å². The smallest absolute Gasteiger partial charge is 0.261 e. The van der Waals surface area contributed by atoms with Crippen LogP contribution in [0, 0.1) is 13.8 Å². The molecule has 1 amide bonds. The number of sulfonamides is 1. The minimum atomic E-state index is -3.71. The van der Waals surface area contributed by atoms with E-state index in [4.69, 9.17) is 0 Å². The van der Waals surface area contributed by atoms with E-state index in [1.54, 1.807) is 49.4 Å². The van der Waals surface area contributed by atoms with Gasteiger partial charge in [0.15, 0.2) is 0 Å². The van der Waals surface area contributed by atoms with Gasteiger partial charge in [-0.2, -0.15) is 0 Å². The number of aryl methyl sites for hydroxylation is 2. The van der Waals surface area contributed by atoms with E-state index in [0.29, 0.717) is 17.8 Å². The number of hydrogen-bond donors (Lipinski definition) is 2. The van der Waals surface area contributed by atoms with E-state index >= 15 is 0 Å². The lowest BCUT2D eigenvalue weighted by molar-refractivity contribution is 0.0958. The van der Waals surface area contributed by atoms with E-state index < -0.39 is 10.0 Å². The minimum absolute atomic E-state index is 0.175. The molecule has 0 spiro atoms.